The molecule has 0 saturated carbocycles. The van der Waals surface area contributed by atoms with Crippen LogP contribution in [0.2, 0.25) is 0 Å². The van der Waals surface area contributed by atoms with Crippen LogP contribution in [0.5, 0.6) is 0 Å². The predicted molar refractivity (Wildman–Crippen MR) is 106 cm³/mol. The zero-order valence-electron chi connectivity index (χ0n) is 14.8. The van der Waals surface area contributed by atoms with E-state index in [9.17, 15) is 13.2 Å². The van der Waals surface area contributed by atoms with Crippen molar-refractivity contribution in [3.63, 3.8) is 0 Å². The van der Waals surface area contributed by atoms with Gasteiger partial charge in [-0.25, -0.2) is 26.8 Å². The standard InChI is InChI=1S/C20H14N4O3S/c1-13-6-8-14(9-7-13)28(26,27)24-11-10-16-18(24)21-12-23-19(16)22-17-5-3-2-4-15(17)20(23)25/h2-12H,1H3. The van der Waals surface area contributed by atoms with Gasteiger partial charge in [0, 0.05) is 6.20 Å². The van der Waals surface area contributed by atoms with Crippen molar-refractivity contribution in [1.82, 2.24) is 18.3 Å². The van der Waals surface area contributed by atoms with E-state index in [4.69, 9.17) is 0 Å². The van der Waals surface area contributed by atoms with Gasteiger partial charge in [0.25, 0.3) is 15.6 Å². The van der Waals surface area contributed by atoms with E-state index in [1.807, 2.05) is 6.92 Å². The first-order chi connectivity index (χ1) is 13.5. The Labute approximate surface area is 159 Å². The third kappa shape index (κ3) is 2.28. The molecule has 0 aliphatic rings. The normalized spacial score (nSPS) is 12.2. The van der Waals surface area contributed by atoms with Gasteiger partial charge in [-0.1, -0.05) is 29.8 Å². The van der Waals surface area contributed by atoms with Crippen molar-refractivity contribution in [1.29, 1.82) is 0 Å². The van der Waals surface area contributed by atoms with Gasteiger partial charge >= 0.3 is 0 Å². The number of nitrogens with zero attached hydrogens (tertiary/aromatic N) is 4. The lowest BCUT2D eigenvalue weighted by Gasteiger charge is -2.08. The van der Waals surface area contributed by atoms with E-state index in [1.54, 1.807) is 54.6 Å². The molecule has 3 aromatic heterocycles. The van der Waals surface area contributed by atoms with Crippen LogP contribution in [-0.4, -0.2) is 26.8 Å². The summed E-state index contributed by atoms with van der Waals surface area (Å²) in [6, 6.07) is 15.3. The smallest absolute Gasteiger partial charge is 0.268 e. The van der Waals surface area contributed by atoms with Gasteiger partial charge in [0.15, 0.2) is 11.3 Å². The Morgan fingerprint density at radius 3 is 2.43 bits per heavy atom. The van der Waals surface area contributed by atoms with Crippen LogP contribution in [0, 0.1) is 6.92 Å². The summed E-state index contributed by atoms with van der Waals surface area (Å²) in [6.07, 6.45) is 2.76. The molecule has 0 amide bonds. The maximum atomic E-state index is 13.1. The minimum atomic E-state index is -3.82. The number of hydrogen-bond acceptors (Lipinski definition) is 5. The zero-order chi connectivity index (χ0) is 19.5. The first-order valence-electron chi connectivity index (χ1n) is 8.56. The average molecular weight is 390 g/mol. The van der Waals surface area contributed by atoms with Crippen LogP contribution >= 0.6 is 0 Å². The van der Waals surface area contributed by atoms with Gasteiger partial charge in [-0.3, -0.25) is 4.79 Å². The van der Waals surface area contributed by atoms with Crippen molar-refractivity contribution in [3.8, 4) is 0 Å². The molecule has 0 aliphatic heterocycles. The topological polar surface area (TPSA) is 86.3 Å². The number of benzene rings is 2. The van der Waals surface area contributed by atoms with Crippen LogP contribution < -0.4 is 5.56 Å². The van der Waals surface area contributed by atoms with Crippen LogP contribution in [0.1, 0.15) is 5.56 Å². The second kappa shape index (κ2) is 5.74. The molecule has 5 aromatic rings. The monoisotopic (exact) mass is 390 g/mol. The number of aromatic nitrogens is 4. The summed E-state index contributed by atoms with van der Waals surface area (Å²) < 4.78 is 28.6. The molecule has 8 heteroatoms. The third-order valence-corrected chi connectivity index (χ3v) is 6.43. The molecule has 0 radical (unpaired) electrons. The molecular formula is C20H14N4O3S. The highest BCUT2D eigenvalue weighted by Gasteiger charge is 2.21. The SMILES string of the molecule is Cc1ccc(S(=O)(=O)n2ccc3c2ncn2c(=O)c4ccccc4nc32)cc1. The molecule has 3 heterocycles. The highest BCUT2D eigenvalue weighted by atomic mass is 32.2. The Balaban J connectivity index is 1.83. The Bertz CT molecular complexity index is 1550. The minimum absolute atomic E-state index is 0.168. The summed E-state index contributed by atoms with van der Waals surface area (Å²) in [5.74, 6) is 0. The number of fused-ring (bicyclic) bond motifs is 4. The van der Waals surface area contributed by atoms with Crippen molar-refractivity contribution >= 4 is 37.6 Å². The predicted octanol–water partition coefficient (Wildman–Crippen LogP) is 2.74. The Hall–Kier alpha value is -3.52. The maximum absolute atomic E-state index is 13.1. The molecule has 0 fully saturated rings. The second-order valence-corrected chi connectivity index (χ2v) is 8.35. The summed E-state index contributed by atoms with van der Waals surface area (Å²) in [4.78, 5) is 21.7. The molecule has 138 valence electrons. The van der Waals surface area contributed by atoms with E-state index in [2.05, 4.69) is 9.97 Å². The molecule has 0 unspecified atom stereocenters. The van der Waals surface area contributed by atoms with Gasteiger partial charge in [-0.15, -0.1) is 0 Å². The van der Waals surface area contributed by atoms with E-state index in [1.165, 1.54) is 16.9 Å². The lowest BCUT2D eigenvalue weighted by molar-refractivity contribution is 0.588. The van der Waals surface area contributed by atoms with E-state index in [0.29, 0.717) is 21.9 Å². The van der Waals surface area contributed by atoms with Crippen molar-refractivity contribution in [3.05, 3.63) is 83.0 Å². The Kier molecular flexibility index (Phi) is 3.41. The molecule has 0 saturated heterocycles. The maximum Gasteiger partial charge on any atom is 0.269 e. The van der Waals surface area contributed by atoms with Gasteiger partial charge < -0.3 is 0 Å². The molecule has 2 aromatic carbocycles. The number of rotatable bonds is 2. The van der Waals surface area contributed by atoms with E-state index in [-0.39, 0.29) is 16.1 Å². The molecule has 0 bridgehead atoms. The highest BCUT2D eigenvalue weighted by Crippen LogP contribution is 2.23. The molecule has 5 rings (SSSR count). The first-order valence-corrected chi connectivity index (χ1v) is 10.0. The molecular weight excluding hydrogens is 376 g/mol. The van der Waals surface area contributed by atoms with E-state index in [0.717, 1.165) is 9.54 Å². The van der Waals surface area contributed by atoms with Gasteiger partial charge in [-0.05, 0) is 37.3 Å². The van der Waals surface area contributed by atoms with Gasteiger partial charge in [0.05, 0.1) is 21.2 Å². The molecule has 0 N–H and O–H groups in total. The second-order valence-electron chi connectivity index (χ2n) is 6.54. The average Bonchev–Trinajstić information content (AvgIpc) is 3.14. The fraction of sp³-hybridized carbons (Fsp3) is 0.0500. The van der Waals surface area contributed by atoms with E-state index < -0.39 is 10.0 Å². The summed E-state index contributed by atoms with van der Waals surface area (Å²) >= 11 is 0. The molecule has 0 atom stereocenters. The summed E-state index contributed by atoms with van der Waals surface area (Å²) in [5.41, 5.74) is 1.86. The summed E-state index contributed by atoms with van der Waals surface area (Å²) in [6.45, 7) is 1.89. The van der Waals surface area contributed by atoms with Crippen LogP contribution in [0.25, 0.3) is 27.6 Å². The molecule has 28 heavy (non-hydrogen) atoms. The fourth-order valence-corrected chi connectivity index (χ4v) is 4.58. The third-order valence-electron chi connectivity index (χ3n) is 4.75. The molecule has 0 aliphatic carbocycles. The summed E-state index contributed by atoms with van der Waals surface area (Å²) in [7, 11) is -3.82. The lowest BCUT2D eigenvalue weighted by atomic mass is 10.2. The van der Waals surface area contributed by atoms with Gasteiger partial charge in [-0.2, -0.15) is 0 Å². The summed E-state index contributed by atoms with van der Waals surface area (Å²) in [5, 5.41) is 0.967. The van der Waals surface area contributed by atoms with Crippen molar-refractivity contribution in [2.24, 2.45) is 0 Å². The van der Waals surface area contributed by atoms with E-state index >= 15 is 0 Å². The first kappa shape index (κ1) is 16.6. The number of para-hydroxylation sites is 1. The van der Waals surface area contributed by atoms with Crippen LogP contribution in [0.15, 0.2) is 76.8 Å². The van der Waals surface area contributed by atoms with Crippen molar-refractivity contribution < 1.29 is 8.42 Å². The highest BCUT2D eigenvalue weighted by molar-refractivity contribution is 7.90. The number of aryl methyl sites for hydroxylation is 1. The molecule has 7 nitrogen and oxygen atoms in total. The van der Waals surface area contributed by atoms with Gasteiger partial charge in [0.2, 0.25) is 0 Å². The fourth-order valence-electron chi connectivity index (χ4n) is 3.28. The Morgan fingerprint density at radius 2 is 1.64 bits per heavy atom. The Morgan fingerprint density at radius 1 is 0.893 bits per heavy atom. The van der Waals surface area contributed by atoms with Crippen LogP contribution in [-0.2, 0) is 10.0 Å². The number of hydrogen-bond donors (Lipinski definition) is 0. The zero-order valence-corrected chi connectivity index (χ0v) is 15.6. The lowest BCUT2D eigenvalue weighted by Crippen LogP contribution is -2.17. The van der Waals surface area contributed by atoms with Gasteiger partial charge in [0.1, 0.15) is 6.33 Å². The van der Waals surface area contributed by atoms with Crippen LogP contribution in [0.3, 0.4) is 0 Å². The molecule has 0 spiro atoms. The van der Waals surface area contributed by atoms with Crippen molar-refractivity contribution in [2.75, 3.05) is 0 Å². The van der Waals surface area contributed by atoms with Crippen molar-refractivity contribution in [2.45, 2.75) is 11.8 Å². The van der Waals surface area contributed by atoms with Crippen LogP contribution in [0.4, 0.5) is 0 Å². The minimum Gasteiger partial charge on any atom is -0.268 e. The largest absolute Gasteiger partial charge is 0.269 e. The quantitative estimate of drug-likeness (QED) is 0.433.